The summed E-state index contributed by atoms with van der Waals surface area (Å²) < 4.78 is 34.3. The Morgan fingerprint density at radius 3 is 2.78 bits per heavy atom. The van der Waals surface area contributed by atoms with E-state index >= 15 is 0 Å². The maximum Gasteiger partial charge on any atom is 0.273 e. The molecular weight excluding hydrogens is 376 g/mol. The van der Waals surface area contributed by atoms with Crippen molar-refractivity contribution in [1.82, 2.24) is 4.90 Å². The minimum atomic E-state index is -3.18. The van der Waals surface area contributed by atoms with Crippen molar-refractivity contribution in [3.63, 3.8) is 0 Å². The van der Waals surface area contributed by atoms with Crippen LogP contribution in [-0.4, -0.2) is 48.3 Å². The molecule has 3 rings (SSSR count). The molecule has 144 valence electrons. The Bertz CT molecular complexity index is 925. The quantitative estimate of drug-likeness (QED) is 0.518. The molecule has 10 heteroatoms. The number of hydrogen-bond acceptors (Lipinski definition) is 7. The highest BCUT2D eigenvalue weighted by molar-refractivity contribution is 7.91. The van der Waals surface area contributed by atoms with Gasteiger partial charge in [-0.05, 0) is 24.6 Å². The molecule has 0 radical (unpaired) electrons. The van der Waals surface area contributed by atoms with E-state index in [1.165, 1.54) is 35.4 Å². The highest BCUT2D eigenvalue weighted by Gasteiger charge is 2.35. The van der Waals surface area contributed by atoms with Crippen LogP contribution >= 0.6 is 0 Å². The van der Waals surface area contributed by atoms with Crippen molar-refractivity contribution in [1.29, 1.82) is 0 Å². The maximum atomic E-state index is 12.7. The second kappa shape index (κ2) is 7.78. The van der Waals surface area contributed by atoms with Crippen molar-refractivity contribution in [2.45, 2.75) is 19.0 Å². The number of amides is 1. The molecular formula is C17H18N2O7S. The SMILES string of the molecule is O=C(COc1cccc([N+](=O)[O-])c1)N(Cc1ccco1)[C@H]1CCS(=O)(=O)C1. The van der Waals surface area contributed by atoms with Gasteiger partial charge in [0.2, 0.25) is 0 Å². The third kappa shape index (κ3) is 4.85. The van der Waals surface area contributed by atoms with Gasteiger partial charge in [0, 0.05) is 12.1 Å². The van der Waals surface area contributed by atoms with Gasteiger partial charge in [-0.25, -0.2) is 8.42 Å². The topological polar surface area (TPSA) is 120 Å². The number of ether oxygens (including phenoxy) is 1. The molecule has 9 nitrogen and oxygen atoms in total. The summed E-state index contributed by atoms with van der Waals surface area (Å²) in [6.45, 7) is -0.233. The number of furan rings is 1. The van der Waals surface area contributed by atoms with Crippen LogP contribution < -0.4 is 4.74 Å². The van der Waals surface area contributed by atoms with Crippen molar-refractivity contribution in [2.24, 2.45) is 0 Å². The van der Waals surface area contributed by atoms with E-state index in [0.29, 0.717) is 12.2 Å². The molecule has 2 aromatic rings. The molecule has 0 N–H and O–H groups in total. The minimum Gasteiger partial charge on any atom is -0.484 e. The predicted molar refractivity (Wildman–Crippen MR) is 94.9 cm³/mol. The van der Waals surface area contributed by atoms with Crippen LogP contribution in [0.4, 0.5) is 5.69 Å². The van der Waals surface area contributed by atoms with Crippen LogP contribution in [0.25, 0.3) is 0 Å². The Balaban J connectivity index is 1.71. The molecule has 1 aliphatic rings. The third-order valence-corrected chi connectivity index (χ3v) is 6.02. The molecule has 0 spiro atoms. The minimum absolute atomic E-state index is 0.0331. The highest BCUT2D eigenvalue weighted by atomic mass is 32.2. The molecule has 2 heterocycles. The highest BCUT2D eigenvalue weighted by Crippen LogP contribution is 2.22. The third-order valence-electron chi connectivity index (χ3n) is 4.27. The molecule has 27 heavy (non-hydrogen) atoms. The van der Waals surface area contributed by atoms with E-state index in [1.54, 1.807) is 12.1 Å². The fraction of sp³-hybridized carbons (Fsp3) is 0.353. The van der Waals surface area contributed by atoms with E-state index in [1.807, 2.05) is 0 Å². The fourth-order valence-electron chi connectivity index (χ4n) is 2.93. The van der Waals surface area contributed by atoms with Crippen molar-refractivity contribution in [3.05, 3.63) is 58.5 Å². The van der Waals surface area contributed by atoms with Crippen LogP contribution in [0.1, 0.15) is 12.2 Å². The number of sulfone groups is 1. The maximum absolute atomic E-state index is 12.7. The van der Waals surface area contributed by atoms with Crippen LogP contribution in [-0.2, 0) is 21.2 Å². The van der Waals surface area contributed by atoms with Crippen LogP contribution in [0.3, 0.4) is 0 Å². The number of nitro benzene ring substituents is 1. The zero-order chi connectivity index (χ0) is 19.4. The molecule has 1 fully saturated rings. The summed E-state index contributed by atoms with van der Waals surface area (Å²) in [5.41, 5.74) is -0.144. The Hall–Kier alpha value is -2.88. The first-order chi connectivity index (χ1) is 12.8. The van der Waals surface area contributed by atoms with Gasteiger partial charge in [0.1, 0.15) is 11.5 Å². The number of nitro groups is 1. The molecule has 1 aliphatic heterocycles. The van der Waals surface area contributed by atoms with E-state index in [4.69, 9.17) is 9.15 Å². The first kappa shape index (κ1) is 18.9. The molecule has 1 aromatic heterocycles. The van der Waals surface area contributed by atoms with E-state index in [-0.39, 0.29) is 36.1 Å². The molecule has 1 atom stereocenters. The second-order valence-electron chi connectivity index (χ2n) is 6.20. The number of non-ortho nitro benzene ring substituents is 1. The molecule has 1 amide bonds. The fourth-order valence-corrected chi connectivity index (χ4v) is 4.66. The summed E-state index contributed by atoms with van der Waals surface area (Å²) in [6, 6.07) is 8.44. The lowest BCUT2D eigenvalue weighted by molar-refractivity contribution is -0.384. The van der Waals surface area contributed by atoms with E-state index < -0.39 is 26.7 Å². The van der Waals surface area contributed by atoms with Gasteiger partial charge in [0.15, 0.2) is 16.4 Å². The monoisotopic (exact) mass is 394 g/mol. The van der Waals surface area contributed by atoms with Gasteiger partial charge in [0.25, 0.3) is 11.6 Å². The van der Waals surface area contributed by atoms with Gasteiger partial charge < -0.3 is 14.1 Å². The van der Waals surface area contributed by atoms with Gasteiger partial charge in [0.05, 0.1) is 35.3 Å². The van der Waals surface area contributed by atoms with Gasteiger partial charge in [-0.3, -0.25) is 14.9 Å². The Morgan fingerprint density at radius 1 is 1.33 bits per heavy atom. The van der Waals surface area contributed by atoms with Crippen molar-refractivity contribution in [2.75, 3.05) is 18.1 Å². The number of benzene rings is 1. The van der Waals surface area contributed by atoms with E-state index in [9.17, 15) is 23.3 Å². The predicted octanol–water partition coefficient (Wildman–Crippen LogP) is 1.78. The van der Waals surface area contributed by atoms with Gasteiger partial charge in [-0.1, -0.05) is 6.07 Å². The van der Waals surface area contributed by atoms with Crippen LogP contribution in [0.2, 0.25) is 0 Å². The van der Waals surface area contributed by atoms with Crippen LogP contribution in [0.5, 0.6) is 5.75 Å². The smallest absolute Gasteiger partial charge is 0.273 e. The first-order valence-corrected chi connectivity index (χ1v) is 10.1. The summed E-state index contributed by atoms with van der Waals surface area (Å²) in [4.78, 5) is 24.4. The Morgan fingerprint density at radius 2 is 2.15 bits per heavy atom. The Labute approximate surface area is 155 Å². The largest absolute Gasteiger partial charge is 0.484 e. The summed E-state index contributed by atoms with van der Waals surface area (Å²) in [7, 11) is -3.18. The zero-order valence-electron chi connectivity index (χ0n) is 14.3. The Kier molecular flexibility index (Phi) is 5.45. The molecule has 1 saturated heterocycles. The number of rotatable bonds is 7. The summed E-state index contributed by atoms with van der Waals surface area (Å²) >= 11 is 0. The summed E-state index contributed by atoms with van der Waals surface area (Å²) in [6.07, 6.45) is 1.83. The van der Waals surface area contributed by atoms with E-state index in [0.717, 1.165) is 0 Å². The molecule has 0 saturated carbocycles. The first-order valence-electron chi connectivity index (χ1n) is 8.23. The molecule has 0 unspecified atom stereocenters. The van der Waals surface area contributed by atoms with Crippen molar-refractivity contribution < 1.29 is 27.3 Å². The van der Waals surface area contributed by atoms with Gasteiger partial charge in [-0.15, -0.1) is 0 Å². The lowest BCUT2D eigenvalue weighted by Crippen LogP contribution is -2.43. The molecule has 0 bridgehead atoms. The average molecular weight is 394 g/mol. The normalized spacial score (nSPS) is 18.1. The van der Waals surface area contributed by atoms with E-state index in [2.05, 4.69) is 0 Å². The number of nitrogens with zero attached hydrogens (tertiary/aromatic N) is 2. The van der Waals surface area contributed by atoms with Gasteiger partial charge in [-0.2, -0.15) is 0 Å². The number of carbonyl (C=O) groups is 1. The summed E-state index contributed by atoms with van der Waals surface area (Å²) in [5.74, 6) is 0.235. The van der Waals surface area contributed by atoms with Crippen LogP contribution in [0, 0.1) is 10.1 Å². The van der Waals surface area contributed by atoms with Gasteiger partial charge >= 0.3 is 0 Å². The number of hydrogen-bond donors (Lipinski definition) is 0. The van der Waals surface area contributed by atoms with Crippen LogP contribution in [0.15, 0.2) is 47.1 Å². The molecule has 0 aliphatic carbocycles. The lowest BCUT2D eigenvalue weighted by Gasteiger charge is -2.27. The van der Waals surface area contributed by atoms with Crippen molar-refractivity contribution in [3.8, 4) is 5.75 Å². The molecule has 1 aromatic carbocycles. The zero-order valence-corrected chi connectivity index (χ0v) is 15.1. The average Bonchev–Trinajstić information content (AvgIpc) is 3.27. The summed E-state index contributed by atoms with van der Waals surface area (Å²) in [5, 5.41) is 10.8. The lowest BCUT2D eigenvalue weighted by atomic mass is 10.2. The standard InChI is InChI=1S/C17H18N2O7S/c20-17(11-26-15-4-1-3-13(9-15)19(21)22)18(10-16-5-2-7-25-16)14-6-8-27(23,24)12-14/h1-5,7,9,14H,6,8,10-12H2/t14-/m0/s1. The van der Waals surface area contributed by atoms with Crippen molar-refractivity contribution >= 4 is 21.4 Å². The number of carbonyl (C=O) groups excluding carboxylic acids is 1. The second-order valence-corrected chi connectivity index (χ2v) is 8.43.